The molecule has 0 spiro atoms. The van der Waals surface area contributed by atoms with E-state index < -0.39 is 5.54 Å². The molecule has 0 aliphatic rings. The molecule has 3 heterocycles. The van der Waals surface area contributed by atoms with Crippen molar-refractivity contribution in [2.75, 3.05) is 5.32 Å². The van der Waals surface area contributed by atoms with E-state index in [1.54, 1.807) is 48.4 Å². The third kappa shape index (κ3) is 4.05. The molecular formula is C24H21ClN6O. The van der Waals surface area contributed by atoms with Crippen LogP contribution in [0.2, 0.25) is 5.15 Å². The number of anilines is 1. The van der Waals surface area contributed by atoms with Crippen molar-refractivity contribution in [3.05, 3.63) is 93.0 Å². The van der Waals surface area contributed by atoms with Crippen LogP contribution < -0.4 is 10.9 Å². The lowest BCUT2D eigenvalue weighted by Gasteiger charge is -2.27. The van der Waals surface area contributed by atoms with E-state index in [0.717, 1.165) is 22.0 Å². The summed E-state index contributed by atoms with van der Waals surface area (Å²) in [6.07, 6.45) is 5.49. The summed E-state index contributed by atoms with van der Waals surface area (Å²) >= 11 is 6.09. The number of nitrogens with zero attached hydrogens (tertiary/aromatic N) is 5. The van der Waals surface area contributed by atoms with Gasteiger partial charge in [0.1, 0.15) is 11.2 Å². The van der Waals surface area contributed by atoms with Crippen LogP contribution in [0.1, 0.15) is 36.4 Å². The zero-order chi connectivity index (χ0) is 22.9. The maximum atomic E-state index is 12.6. The number of nitriles is 1. The fraction of sp³-hybridized carbons (Fsp3) is 0.208. The number of aryl methyl sites for hydroxylation is 1. The molecule has 7 nitrogen and oxygen atoms in total. The SMILES string of the molecule is Cn1c(=O)cc(NC(C)(C)c2ncccn2)c2cc(Cc3ccnc(Cl)c3C#N)ccc21. The fourth-order valence-electron chi connectivity index (χ4n) is 3.69. The van der Waals surface area contributed by atoms with Gasteiger partial charge in [-0.15, -0.1) is 0 Å². The van der Waals surface area contributed by atoms with E-state index in [1.807, 2.05) is 32.0 Å². The predicted octanol–water partition coefficient (Wildman–Crippen LogP) is 4.19. The fourth-order valence-corrected chi connectivity index (χ4v) is 3.91. The molecule has 3 aromatic heterocycles. The standard InChI is InChI=1S/C24H21ClN6O/c1-24(2,23-28-8-4-9-29-23)30-19-13-21(32)31(3)20-6-5-15(12-17(19)20)11-16-7-10-27-22(25)18(16)14-26/h4-10,12-13,30H,11H2,1-3H3. The van der Waals surface area contributed by atoms with E-state index >= 15 is 0 Å². The van der Waals surface area contributed by atoms with E-state index in [4.69, 9.17) is 11.6 Å². The largest absolute Gasteiger partial charge is 0.372 e. The molecule has 0 amide bonds. The van der Waals surface area contributed by atoms with Gasteiger partial charge in [-0.25, -0.2) is 15.0 Å². The van der Waals surface area contributed by atoms with Crippen LogP contribution in [0.25, 0.3) is 10.9 Å². The van der Waals surface area contributed by atoms with Gasteiger partial charge in [0.15, 0.2) is 5.82 Å². The molecule has 0 saturated carbocycles. The predicted molar refractivity (Wildman–Crippen MR) is 125 cm³/mol. The molecule has 160 valence electrons. The van der Waals surface area contributed by atoms with Crippen molar-refractivity contribution in [1.82, 2.24) is 19.5 Å². The molecule has 0 bridgehead atoms. The van der Waals surface area contributed by atoms with Crippen molar-refractivity contribution in [2.24, 2.45) is 7.05 Å². The van der Waals surface area contributed by atoms with E-state index in [9.17, 15) is 10.1 Å². The Hall–Kier alpha value is -3.76. The molecule has 1 N–H and O–H groups in total. The first kappa shape index (κ1) is 21.5. The highest BCUT2D eigenvalue weighted by Gasteiger charge is 2.24. The van der Waals surface area contributed by atoms with Crippen molar-refractivity contribution in [3.63, 3.8) is 0 Å². The number of nitrogens with one attached hydrogen (secondary N) is 1. The highest BCUT2D eigenvalue weighted by molar-refractivity contribution is 6.30. The second-order valence-corrected chi connectivity index (χ2v) is 8.41. The Bertz CT molecular complexity index is 1410. The maximum Gasteiger partial charge on any atom is 0.252 e. The number of aromatic nitrogens is 4. The maximum absolute atomic E-state index is 12.6. The van der Waals surface area contributed by atoms with Gasteiger partial charge in [-0.05, 0) is 55.7 Å². The molecule has 0 aliphatic carbocycles. The van der Waals surface area contributed by atoms with Gasteiger partial charge < -0.3 is 9.88 Å². The van der Waals surface area contributed by atoms with Gasteiger partial charge in [0.2, 0.25) is 0 Å². The Labute approximate surface area is 190 Å². The molecule has 8 heteroatoms. The van der Waals surface area contributed by atoms with Gasteiger partial charge in [-0.3, -0.25) is 4.79 Å². The summed E-state index contributed by atoms with van der Waals surface area (Å²) < 4.78 is 1.61. The summed E-state index contributed by atoms with van der Waals surface area (Å²) in [5.74, 6) is 0.620. The number of benzene rings is 1. The van der Waals surface area contributed by atoms with Crippen molar-refractivity contribution in [3.8, 4) is 6.07 Å². The lowest BCUT2D eigenvalue weighted by Crippen LogP contribution is -2.31. The first-order chi connectivity index (χ1) is 15.3. The number of halogens is 1. The van der Waals surface area contributed by atoms with E-state index in [-0.39, 0.29) is 10.7 Å². The second-order valence-electron chi connectivity index (χ2n) is 8.05. The quantitative estimate of drug-likeness (QED) is 0.464. The molecule has 4 aromatic rings. The van der Waals surface area contributed by atoms with Gasteiger partial charge in [0.05, 0.1) is 16.6 Å². The molecule has 1 aromatic carbocycles. The summed E-state index contributed by atoms with van der Waals surface area (Å²) in [7, 11) is 1.75. The van der Waals surface area contributed by atoms with Crippen LogP contribution in [0.3, 0.4) is 0 Å². The highest BCUT2D eigenvalue weighted by Crippen LogP contribution is 2.29. The molecule has 0 radical (unpaired) electrons. The smallest absolute Gasteiger partial charge is 0.252 e. The second kappa shape index (κ2) is 8.40. The van der Waals surface area contributed by atoms with Crippen molar-refractivity contribution in [1.29, 1.82) is 5.26 Å². The molecule has 32 heavy (non-hydrogen) atoms. The lowest BCUT2D eigenvalue weighted by atomic mass is 9.99. The van der Waals surface area contributed by atoms with Gasteiger partial charge in [-0.1, -0.05) is 17.7 Å². The van der Waals surface area contributed by atoms with Gasteiger partial charge in [-0.2, -0.15) is 5.26 Å². The molecule has 0 fully saturated rings. The normalized spacial score (nSPS) is 11.3. The average molecular weight is 445 g/mol. The zero-order valence-electron chi connectivity index (χ0n) is 17.9. The minimum absolute atomic E-state index is 0.120. The molecule has 0 saturated heterocycles. The molecule has 0 unspecified atom stereocenters. The minimum atomic E-state index is -0.608. The van der Waals surface area contributed by atoms with Gasteiger partial charge >= 0.3 is 0 Å². The van der Waals surface area contributed by atoms with Crippen LogP contribution in [0, 0.1) is 11.3 Å². The number of hydrogen-bond donors (Lipinski definition) is 1. The van der Waals surface area contributed by atoms with Crippen molar-refractivity contribution < 1.29 is 0 Å². The zero-order valence-corrected chi connectivity index (χ0v) is 18.7. The van der Waals surface area contributed by atoms with Crippen LogP contribution in [0.5, 0.6) is 0 Å². The van der Waals surface area contributed by atoms with Crippen LogP contribution in [0.15, 0.2) is 59.8 Å². The Kier molecular flexibility index (Phi) is 5.64. The topological polar surface area (TPSA) is 96.5 Å². The van der Waals surface area contributed by atoms with E-state index in [0.29, 0.717) is 23.5 Å². The molecular weight excluding hydrogens is 424 g/mol. The minimum Gasteiger partial charge on any atom is -0.372 e. The van der Waals surface area contributed by atoms with E-state index in [1.165, 1.54) is 0 Å². The summed E-state index contributed by atoms with van der Waals surface area (Å²) in [5, 5.41) is 14.0. The third-order valence-electron chi connectivity index (χ3n) is 5.38. The lowest BCUT2D eigenvalue weighted by molar-refractivity contribution is 0.563. The molecule has 0 atom stereocenters. The first-order valence-corrected chi connectivity index (χ1v) is 10.4. The Balaban J connectivity index is 1.81. The summed E-state index contributed by atoms with van der Waals surface area (Å²) in [5.41, 5.74) is 2.90. The molecule has 0 aliphatic heterocycles. The van der Waals surface area contributed by atoms with E-state index in [2.05, 4.69) is 26.3 Å². The Morgan fingerprint density at radius 2 is 1.88 bits per heavy atom. The number of pyridine rings is 2. The van der Waals surface area contributed by atoms with Crippen LogP contribution in [-0.4, -0.2) is 19.5 Å². The van der Waals surface area contributed by atoms with Crippen LogP contribution >= 0.6 is 11.6 Å². The highest BCUT2D eigenvalue weighted by atomic mass is 35.5. The first-order valence-electron chi connectivity index (χ1n) is 10.0. The number of rotatable bonds is 5. The Morgan fingerprint density at radius 3 is 2.59 bits per heavy atom. The average Bonchev–Trinajstić information content (AvgIpc) is 2.78. The van der Waals surface area contributed by atoms with Gasteiger partial charge in [0, 0.05) is 42.8 Å². The summed E-state index contributed by atoms with van der Waals surface area (Å²) in [6.45, 7) is 3.93. The van der Waals surface area contributed by atoms with Crippen molar-refractivity contribution >= 4 is 28.2 Å². The number of fused-ring (bicyclic) bond motifs is 1. The molecule has 4 rings (SSSR count). The summed E-state index contributed by atoms with van der Waals surface area (Å²) in [4.78, 5) is 25.3. The third-order valence-corrected chi connectivity index (χ3v) is 5.67. The van der Waals surface area contributed by atoms with Crippen LogP contribution in [0.4, 0.5) is 5.69 Å². The summed E-state index contributed by atoms with van der Waals surface area (Å²) in [6, 6.07) is 13.2. The van der Waals surface area contributed by atoms with Crippen LogP contribution in [-0.2, 0) is 19.0 Å². The monoisotopic (exact) mass is 444 g/mol. The van der Waals surface area contributed by atoms with Gasteiger partial charge in [0.25, 0.3) is 5.56 Å². The Morgan fingerprint density at radius 1 is 1.12 bits per heavy atom. The van der Waals surface area contributed by atoms with Crippen molar-refractivity contribution in [2.45, 2.75) is 25.8 Å². The number of hydrogen-bond acceptors (Lipinski definition) is 6.